The maximum atomic E-state index is 12.1. The highest BCUT2D eigenvalue weighted by Gasteiger charge is 2.19. The molecule has 0 spiro atoms. The summed E-state index contributed by atoms with van der Waals surface area (Å²) < 4.78 is 26.6. The van der Waals surface area contributed by atoms with Gasteiger partial charge in [-0.15, -0.1) is 0 Å². The summed E-state index contributed by atoms with van der Waals surface area (Å²) in [5.41, 5.74) is 0.370. The number of anilines is 1. The van der Waals surface area contributed by atoms with Crippen LogP contribution in [0.25, 0.3) is 0 Å². The van der Waals surface area contributed by atoms with Crippen LogP contribution in [0.5, 0.6) is 0 Å². The lowest BCUT2D eigenvalue weighted by molar-refractivity contribution is 0.599. The molecule has 106 valence electrons. The molecule has 0 saturated heterocycles. The fourth-order valence-electron chi connectivity index (χ4n) is 1.72. The first-order valence-electron chi connectivity index (χ1n) is 5.72. The van der Waals surface area contributed by atoms with Gasteiger partial charge in [0.05, 0.1) is 5.69 Å². The van der Waals surface area contributed by atoms with Crippen molar-refractivity contribution in [2.24, 2.45) is 0 Å². The van der Waals surface area contributed by atoms with Crippen LogP contribution in [-0.4, -0.2) is 18.4 Å². The number of hydrogen-bond donors (Lipinski definition) is 3. The van der Waals surface area contributed by atoms with Crippen molar-refractivity contribution in [2.45, 2.75) is 18.7 Å². The number of H-pyrrole nitrogens is 2. The Morgan fingerprint density at radius 2 is 1.85 bits per heavy atom. The van der Waals surface area contributed by atoms with Crippen LogP contribution in [0.4, 0.5) is 5.69 Å². The summed E-state index contributed by atoms with van der Waals surface area (Å²) in [4.78, 5) is 25.9. The highest BCUT2D eigenvalue weighted by molar-refractivity contribution is 7.92. The van der Waals surface area contributed by atoms with Gasteiger partial charge in [-0.2, -0.15) is 0 Å². The number of aromatic amines is 2. The first-order chi connectivity index (χ1) is 9.29. The molecule has 0 aliphatic rings. The van der Waals surface area contributed by atoms with Crippen LogP contribution in [0, 0.1) is 13.8 Å². The number of aromatic nitrogens is 2. The van der Waals surface area contributed by atoms with Gasteiger partial charge in [-0.05, 0) is 25.5 Å². The van der Waals surface area contributed by atoms with Crippen molar-refractivity contribution in [3.63, 3.8) is 0 Å². The summed E-state index contributed by atoms with van der Waals surface area (Å²) in [6, 6.07) is 5.18. The smallest absolute Gasteiger partial charge is 0.313 e. The standard InChI is InChI=1S/C12H13N3O4S/c1-7-3-4-9(8(2)5-7)15-20(18,19)10-6-13-12(17)14-11(10)16/h3-6,15H,1-2H3,(H2,13,14,16,17). The van der Waals surface area contributed by atoms with Gasteiger partial charge in [0.25, 0.3) is 15.6 Å². The van der Waals surface area contributed by atoms with E-state index in [1.54, 1.807) is 19.1 Å². The Hall–Kier alpha value is -2.35. The summed E-state index contributed by atoms with van der Waals surface area (Å²) in [5, 5.41) is 0. The third-order valence-corrected chi connectivity index (χ3v) is 4.07. The number of nitrogens with one attached hydrogen (secondary N) is 3. The van der Waals surface area contributed by atoms with Gasteiger partial charge in [0, 0.05) is 6.20 Å². The summed E-state index contributed by atoms with van der Waals surface area (Å²) in [5.74, 6) is 0. The van der Waals surface area contributed by atoms with Crippen molar-refractivity contribution in [1.82, 2.24) is 9.97 Å². The maximum absolute atomic E-state index is 12.1. The molecule has 1 heterocycles. The molecule has 0 fully saturated rings. The molecule has 0 amide bonds. The number of aryl methyl sites for hydroxylation is 2. The van der Waals surface area contributed by atoms with E-state index in [0.717, 1.165) is 17.3 Å². The minimum absolute atomic E-state index is 0.376. The summed E-state index contributed by atoms with van der Waals surface area (Å²) >= 11 is 0. The van der Waals surface area contributed by atoms with Gasteiger partial charge in [-0.3, -0.25) is 14.5 Å². The fraction of sp³-hybridized carbons (Fsp3) is 0.167. The number of hydrogen-bond acceptors (Lipinski definition) is 4. The van der Waals surface area contributed by atoms with Crippen LogP contribution in [-0.2, 0) is 10.0 Å². The van der Waals surface area contributed by atoms with E-state index in [0.29, 0.717) is 5.69 Å². The lowest BCUT2D eigenvalue weighted by Gasteiger charge is -2.10. The SMILES string of the molecule is Cc1ccc(NS(=O)(=O)c2c[nH]c(=O)[nH]c2=O)c(C)c1. The van der Waals surface area contributed by atoms with E-state index >= 15 is 0 Å². The zero-order valence-corrected chi connectivity index (χ0v) is 11.7. The topological polar surface area (TPSA) is 112 Å². The molecule has 20 heavy (non-hydrogen) atoms. The van der Waals surface area contributed by atoms with Gasteiger partial charge in [0.15, 0.2) is 4.90 Å². The molecule has 1 aromatic carbocycles. The van der Waals surface area contributed by atoms with Gasteiger partial charge in [0.1, 0.15) is 0 Å². The molecular formula is C12H13N3O4S. The summed E-state index contributed by atoms with van der Waals surface area (Å²) in [6.07, 6.45) is 0.868. The normalized spacial score (nSPS) is 11.3. The third-order valence-electron chi connectivity index (χ3n) is 2.70. The molecule has 0 atom stereocenters. The van der Waals surface area contributed by atoms with Crippen LogP contribution in [0.15, 0.2) is 38.9 Å². The van der Waals surface area contributed by atoms with Crippen LogP contribution in [0.3, 0.4) is 0 Å². The minimum Gasteiger partial charge on any atom is -0.313 e. The van der Waals surface area contributed by atoms with Crippen LogP contribution < -0.4 is 16.0 Å². The van der Waals surface area contributed by atoms with E-state index in [4.69, 9.17) is 0 Å². The second kappa shape index (κ2) is 4.97. The Kier molecular flexibility index (Phi) is 3.49. The van der Waals surface area contributed by atoms with Gasteiger partial charge in [-0.1, -0.05) is 17.7 Å². The van der Waals surface area contributed by atoms with Gasteiger partial charge < -0.3 is 4.98 Å². The van der Waals surface area contributed by atoms with Crippen LogP contribution in [0.1, 0.15) is 11.1 Å². The predicted molar refractivity (Wildman–Crippen MR) is 74.4 cm³/mol. The van der Waals surface area contributed by atoms with Crippen molar-refractivity contribution in [2.75, 3.05) is 4.72 Å². The molecule has 7 nitrogen and oxygen atoms in total. The molecule has 2 rings (SSSR count). The molecule has 2 aromatic rings. The monoisotopic (exact) mass is 295 g/mol. The van der Waals surface area contributed by atoms with E-state index < -0.39 is 26.2 Å². The van der Waals surface area contributed by atoms with Crippen molar-refractivity contribution in [3.05, 3.63) is 56.4 Å². The average molecular weight is 295 g/mol. The van der Waals surface area contributed by atoms with Crippen molar-refractivity contribution in [3.8, 4) is 0 Å². The molecule has 0 unspecified atom stereocenters. The van der Waals surface area contributed by atoms with Crippen LogP contribution >= 0.6 is 0 Å². The van der Waals surface area contributed by atoms with E-state index in [9.17, 15) is 18.0 Å². The third kappa shape index (κ3) is 2.80. The molecule has 0 aliphatic heterocycles. The highest BCUT2D eigenvalue weighted by atomic mass is 32.2. The quantitative estimate of drug-likeness (QED) is 0.764. The Morgan fingerprint density at radius 3 is 2.45 bits per heavy atom. The predicted octanol–water partition coefficient (Wildman–Crippen LogP) is 0.481. The molecule has 8 heteroatoms. The maximum Gasteiger partial charge on any atom is 0.325 e. The summed E-state index contributed by atoms with van der Waals surface area (Å²) in [7, 11) is -4.06. The second-order valence-electron chi connectivity index (χ2n) is 4.36. The number of benzene rings is 1. The Bertz CT molecular complexity index is 865. The Labute approximate surface area is 114 Å². The highest BCUT2D eigenvalue weighted by Crippen LogP contribution is 2.18. The molecule has 0 aliphatic carbocycles. The molecule has 1 aromatic heterocycles. The average Bonchev–Trinajstić information content (AvgIpc) is 2.32. The van der Waals surface area contributed by atoms with Crippen molar-refractivity contribution >= 4 is 15.7 Å². The first-order valence-corrected chi connectivity index (χ1v) is 7.20. The molecular weight excluding hydrogens is 282 g/mol. The molecule has 0 radical (unpaired) electrons. The fourth-order valence-corrected chi connectivity index (χ4v) is 2.86. The lowest BCUT2D eigenvalue weighted by atomic mass is 10.1. The zero-order chi connectivity index (χ0) is 14.9. The van der Waals surface area contributed by atoms with Gasteiger partial charge >= 0.3 is 5.69 Å². The minimum atomic E-state index is -4.06. The Balaban J connectivity index is 2.46. The van der Waals surface area contributed by atoms with E-state index in [-0.39, 0.29) is 0 Å². The van der Waals surface area contributed by atoms with Gasteiger partial charge in [-0.25, -0.2) is 13.2 Å². The Morgan fingerprint density at radius 1 is 1.15 bits per heavy atom. The van der Waals surface area contributed by atoms with Crippen LogP contribution in [0.2, 0.25) is 0 Å². The van der Waals surface area contributed by atoms with E-state index in [1.165, 1.54) is 0 Å². The largest absolute Gasteiger partial charge is 0.325 e. The zero-order valence-electron chi connectivity index (χ0n) is 10.9. The van der Waals surface area contributed by atoms with Crippen molar-refractivity contribution in [1.29, 1.82) is 0 Å². The molecule has 3 N–H and O–H groups in total. The lowest BCUT2D eigenvalue weighted by Crippen LogP contribution is -2.29. The second-order valence-corrected chi connectivity index (χ2v) is 6.01. The van der Waals surface area contributed by atoms with E-state index in [2.05, 4.69) is 9.71 Å². The van der Waals surface area contributed by atoms with E-state index in [1.807, 2.05) is 18.0 Å². The summed E-state index contributed by atoms with van der Waals surface area (Å²) in [6.45, 7) is 3.64. The first kappa shape index (κ1) is 14.1. The van der Waals surface area contributed by atoms with Crippen molar-refractivity contribution < 1.29 is 8.42 Å². The van der Waals surface area contributed by atoms with Gasteiger partial charge in [0.2, 0.25) is 0 Å². The molecule has 0 bridgehead atoms. The molecule has 0 saturated carbocycles. The number of sulfonamides is 1. The number of rotatable bonds is 3.